The van der Waals surface area contributed by atoms with Gasteiger partial charge in [0.1, 0.15) is 12.6 Å². The van der Waals surface area contributed by atoms with E-state index in [0.717, 1.165) is 15.4 Å². The van der Waals surface area contributed by atoms with E-state index in [9.17, 15) is 18.0 Å². The topological polar surface area (TPSA) is 86.8 Å². The number of benzene rings is 3. The second kappa shape index (κ2) is 13.3. The highest BCUT2D eigenvalue weighted by Gasteiger charge is 2.35. The van der Waals surface area contributed by atoms with Crippen molar-refractivity contribution >= 4 is 50.7 Å². The summed E-state index contributed by atoms with van der Waals surface area (Å²) >= 11 is 12.6. The van der Waals surface area contributed by atoms with Gasteiger partial charge in [0.25, 0.3) is 10.0 Å². The number of aryl methyl sites for hydroxylation is 2. The third-order valence-electron chi connectivity index (χ3n) is 6.42. The zero-order valence-corrected chi connectivity index (χ0v) is 26.6. The lowest BCUT2D eigenvalue weighted by Gasteiger charge is -2.35. The first kappa shape index (κ1) is 32.4. The van der Waals surface area contributed by atoms with Crippen LogP contribution in [-0.4, -0.2) is 43.3 Å². The van der Waals surface area contributed by atoms with Crippen LogP contribution in [0.2, 0.25) is 10.0 Å². The van der Waals surface area contributed by atoms with Crippen molar-refractivity contribution in [3.8, 4) is 0 Å². The molecule has 3 rings (SSSR count). The molecule has 1 atom stereocenters. The molecule has 10 heteroatoms. The normalized spacial score (nSPS) is 12.5. The maximum absolute atomic E-state index is 14.2. The minimum absolute atomic E-state index is 0.0167. The molecule has 0 aliphatic rings. The molecule has 0 fully saturated rings. The summed E-state index contributed by atoms with van der Waals surface area (Å²) in [6.45, 7) is 10.5. The Hall–Kier alpha value is -3.07. The first-order valence-corrected chi connectivity index (χ1v) is 15.5. The van der Waals surface area contributed by atoms with Gasteiger partial charge in [-0.25, -0.2) is 8.42 Å². The molecule has 3 aromatic carbocycles. The summed E-state index contributed by atoms with van der Waals surface area (Å²) in [7, 11) is -4.14. The van der Waals surface area contributed by atoms with Crippen LogP contribution in [-0.2, 0) is 26.2 Å². The summed E-state index contributed by atoms with van der Waals surface area (Å²) in [5.74, 6) is -0.897. The van der Waals surface area contributed by atoms with Crippen molar-refractivity contribution in [2.45, 2.75) is 71.0 Å². The molecule has 41 heavy (non-hydrogen) atoms. The van der Waals surface area contributed by atoms with Gasteiger partial charge in [0, 0.05) is 22.1 Å². The highest BCUT2D eigenvalue weighted by Crippen LogP contribution is 2.27. The number of hydrogen-bond donors (Lipinski definition) is 1. The van der Waals surface area contributed by atoms with Crippen LogP contribution in [0.5, 0.6) is 0 Å². The maximum Gasteiger partial charge on any atom is 0.264 e. The van der Waals surface area contributed by atoms with Crippen LogP contribution in [0.1, 0.15) is 50.8 Å². The van der Waals surface area contributed by atoms with Crippen molar-refractivity contribution in [1.29, 1.82) is 0 Å². The van der Waals surface area contributed by atoms with E-state index in [2.05, 4.69) is 5.32 Å². The standard InChI is InChI=1S/C31H37Cl2N3O4S/c1-7-28(30(38)34-31(4,5)6)35(19-23-13-14-24(32)18-27(23)33)29(37)20-36(25-10-8-9-22(3)17-25)41(39,40)26-15-11-21(2)12-16-26/h8-18,28H,7,19-20H2,1-6H3,(H,34,38). The Morgan fingerprint density at radius 2 is 1.59 bits per heavy atom. The highest BCUT2D eigenvalue weighted by molar-refractivity contribution is 7.92. The summed E-state index contributed by atoms with van der Waals surface area (Å²) < 4.78 is 29.0. The summed E-state index contributed by atoms with van der Waals surface area (Å²) in [4.78, 5) is 29.0. The first-order valence-electron chi connectivity index (χ1n) is 13.3. The van der Waals surface area contributed by atoms with Gasteiger partial charge in [-0.1, -0.05) is 66.0 Å². The van der Waals surface area contributed by atoms with E-state index in [4.69, 9.17) is 23.2 Å². The number of halogens is 2. The van der Waals surface area contributed by atoms with E-state index in [1.165, 1.54) is 17.0 Å². The minimum atomic E-state index is -4.14. The number of nitrogens with one attached hydrogen (secondary N) is 1. The predicted molar refractivity (Wildman–Crippen MR) is 166 cm³/mol. The van der Waals surface area contributed by atoms with E-state index >= 15 is 0 Å². The predicted octanol–water partition coefficient (Wildman–Crippen LogP) is 6.53. The van der Waals surface area contributed by atoms with Gasteiger partial charge >= 0.3 is 0 Å². The Morgan fingerprint density at radius 1 is 0.927 bits per heavy atom. The van der Waals surface area contributed by atoms with E-state index in [0.29, 0.717) is 27.7 Å². The third kappa shape index (κ3) is 8.47. The van der Waals surface area contributed by atoms with E-state index in [1.54, 1.807) is 55.5 Å². The summed E-state index contributed by atoms with van der Waals surface area (Å²) in [5, 5.41) is 3.72. The molecule has 2 amide bonds. The van der Waals surface area contributed by atoms with Gasteiger partial charge in [-0.3, -0.25) is 13.9 Å². The Labute approximate surface area is 253 Å². The lowest BCUT2D eigenvalue weighted by molar-refractivity contribution is -0.141. The average Bonchev–Trinajstić information content (AvgIpc) is 2.87. The fourth-order valence-electron chi connectivity index (χ4n) is 4.36. The average molecular weight is 619 g/mol. The maximum atomic E-state index is 14.2. The van der Waals surface area contributed by atoms with Crippen LogP contribution >= 0.6 is 23.2 Å². The molecule has 220 valence electrons. The molecule has 0 aliphatic carbocycles. The monoisotopic (exact) mass is 617 g/mol. The number of amides is 2. The van der Waals surface area contributed by atoms with Gasteiger partial charge in [0.15, 0.2) is 0 Å². The van der Waals surface area contributed by atoms with Crippen molar-refractivity contribution in [3.63, 3.8) is 0 Å². The molecule has 0 heterocycles. The zero-order valence-electron chi connectivity index (χ0n) is 24.2. The summed E-state index contributed by atoms with van der Waals surface area (Å²) in [5.41, 5.74) is 2.12. The van der Waals surface area contributed by atoms with Crippen LogP contribution in [0.3, 0.4) is 0 Å². The molecule has 0 bridgehead atoms. The molecule has 0 aliphatic heterocycles. The second-order valence-electron chi connectivity index (χ2n) is 11.1. The van der Waals surface area contributed by atoms with Crippen molar-refractivity contribution < 1.29 is 18.0 Å². The van der Waals surface area contributed by atoms with Crippen LogP contribution in [0.25, 0.3) is 0 Å². The molecular weight excluding hydrogens is 581 g/mol. The van der Waals surface area contributed by atoms with Gasteiger partial charge in [0.2, 0.25) is 11.8 Å². The first-order chi connectivity index (χ1) is 19.1. The number of carbonyl (C=O) groups is 2. The number of nitrogens with zero attached hydrogens (tertiary/aromatic N) is 2. The molecule has 0 aromatic heterocycles. The molecule has 1 unspecified atom stereocenters. The van der Waals surface area contributed by atoms with E-state index in [-0.39, 0.29) is 17.3 Å². The summed E-state index contributed by atoms with van der Waals surface area (Å²) in [6.07, 6.45) is 0.300. The molecule has 0 spiro atoms. The molecule has 0 saturated carbocycles. The van der Waals surface area contributed by atoms with Crippen LogP contribution < -0.4 is 9.62 Å². The van der Waals surface area contributed by atoms with E-state index in [1.807, 2.05) is 40.7 Å². The van der Waals surface area contributed by atoms with Crippen molar-refractivity contribution in [3.05, 3.63) is 93.5 Å². The fraction of sp³-hybridized carbons (Fsp3) is 0.355. The lowest BCUT2D eigenvalue weighted by Crippen LogP contribution is -2.55. The van der Waals surface area contributed by atoms with Gasteiger partial charge in [-0.2, -0.15) is 0 Å². The van der Waals surface area contributed by atoms with Gasteiger partial charge in [0.05, 0.1) is 10.6 Å². The van der Waals surface area contributed by atoms with Crippen LogP contribution in [0, 0.1) is 13.8 Å². The third-order valence-corrected chi connectivity index (χ3v) is 8.79. The number of anilines is 1. The molecule has 7 nitrogen and oxygen atoms in total. The van der Waals surface area contributed by atoms with E-state index < -0.39 is 34.1 Å². The highest BCUT2D eigenvalue weighted by atomic mass is 35.5. The molecular formula is C31H37Cl2N3O4S. The second-order valence-corrected chi connectivity index (χ2v) is 13.8. The fourth-order valence-corrected chi connectivity index (χ4v) is 6.23. The van der Waals surface area contributed by atoms with Crippen molar-refractivity contribution in [2.75, 3.05) is 10.8 Å². The number of carbonyl (C=O) groups excluding carboxylic acids is 2. The van der Waals surface area contributed by atoms with Gasteiger partial charge in [-0.05, 0) is 88.6 Å². The van der Waals surface area contributed by atoms with Crippen LogP contribution in [0.4, 0.5) is 5.69 Å². The van der Waals surface area contributed by atoms with Crippen molar-refractivity contribution in [1.82, 2.24) is 10.2 Å². The van der Waals surface area contributed by atoms with Crippen molar-refractivity contribution in [2.24, 2.45) is 0 Å². The molecule has 3 aromatic rings. The Balaban J connectivity index is 2.10. The number of rotatable bonds is 10. The van der Waals surface area contributed by atoms with Gasteiger partial charge in [-0.15, -0.1) is 0 Å². The Morgan fingerprint density at radius 3 is 2.15 bits per heavy atom. The van der Waals surface area contributed by atoms with Crippen LogP contribution in [0.15, 0.2) is 71.6 Å². The molecule has 0 radical (unpaired) electrons. The Kier molecular flexibility index (Phi) is 10.5. The summed E-state index contributed by atoms with van der Waals surface area (Å²) in [6, 6.07) is 17.5. The molecule has 0 saturated heterocycles. The lowest BCUT2D eigenvalue weighted by atomic mass is 10.1. The minimum Gasteiger partial charge on any atom is -0.350 e. The SMILES string of the molecule is CCC(C(=O)NC(C)(C)C)N(Cc1ccc(Cl)cc1Cl)C(=O)CN(c1cccc(C)c1)S(=O)(=O)c1ccc(C)cc1. The zero-order chi connectivity index (χ0) is 30.5. The number of sulfonamides is 1. The molecule has 1 N–H and O–H groups in total. The van der Waals surface area contributed by atoms with Gasteiger partial charge < -0.3 is 10.2 Å². The largest absolute Gasteiger partial charge is 0.350 e. The quantitative estimate of drug-likeness (QED) is 0.280. The number of hydrogen-bond acceptors (Lipinski definition) is 4. The smallest absolute Gasteiger partial charge is 0.264 e. The Bertz CT molecular complexity index is 1500.